The first-order chi connectivity index (χ1) is 11.9. The van der Waals surface area contributed by atoms with E-state index in [1.54, 1.807) is 12.1 Å². The molecule has 0 atom stereocenters. The van der Waals surface area contributed by atoms with Crippen LogP contribution in [0.3, 0.4) is 0 Å². The van der Waals surface area contributed by atoms with Crippen molar-refractivity contribution in [3.05, 3.63) is 57.6 Å². The van der Waals surface area contributed by atoms with Crippen LogP contribution in [0.1, 0.15) is 28.4 Å². The lowest BCUT2D eigenvalue weighted by molar-refractivity contribution is 0.0977. The zero-order chi connectivity index (χ0) is 18.4. The molecule has 0 aliphatic carbocycles. The Morgan fingerprint density at radius 1 is 1.28 bits per heavy atom. The number of hydrogen-bond donors (Lipinski definition) is 2. The minimum Gasteiger partial charge on any atom is -0.490 e. The van der Waals surface area contributed by atoms with Crippen LogP contribution in [0.15, 0.2) is 40.9 Å². The Labute approximate surface area is 160 Å². The van der Waals surface area contributed by atoms with E-state index in [4.69, 9.17) is 27.4 Å². The predicted octanol–water partition coefficient (Wildman–Crippen LogP) is 3.71. The van der Waals surface area contributed by atoms with Crippen LogP contribution in [-0.2, 0) is 6.61 Å². The van der Waals surface area contributed by atoms with Crippen molar-refractivity contribution >= 4 is 39.2 Å². The van der Waals surface area contributed by atoms with Gasteiger partial charge in [-0.25, -0.2) is 0 Å². The van der Waals surface area contributed by atoms with E-state index in [0.29, 0.717) is 34.7 Å². The maximum absolute atomic E-state index is 12.1. The second-order valence-corrected chi connectivity index (χ2v) is 6.55. The summed E-state index contributed by atoms with van der Waals surface area (Å²) in [5.74, 6) is 0.607. The first-order valence-electron chi connectivity index (χ1n) is 7.66. The predicted molar refractivity (Wildman–Crippen MR) is 105 cm³/mol. The molecule has 2 rings (SSSR count). The minimum atomic E-state index is -0.403. The lowest BCUT2D eigenvalue weighted by Gasteiger charge is -2.16. The van der Waals surface area contributed by atoms with Gasteiger partial charge in [0.15, 0.2) is 16.6 Å². The van der Waals surface area contributed by atoms with E-state index in [1.807, 2.05) is 38.1 Å². The molecule has 0 aliphatic heterocycles. The van der Waals surface area contributed by atoms with E-state index in [1.165, 1.54) is 0 Å². The average molecular weight is 423 g/mol. The summed E-state index contributed by atoms with van der Waals surface area (Å²) in [4.78, 5) is 12.1. The molecule has 0 spiro atoms. The van der Waals surface area contributed by atoms with Gasteiger partial charge in [0.2, 0.25) is 0 Å². The van der Waals surface area contributed by atoms with Crippen molar-refractivity contribution in [2.45, 2.75) is 20.5 Å². The zero-order valence-corrected chi connectivity index (χ0v) is 16.4. The number of nitrogens with one attached hydrogen (secondary N) is 1. The van der Waals surface area contributed by atoms with Crippen LogP contribution < -0.4 is 20.5 Å². The minimum absolute atomic E-state index is 0.0843. The fourth-order valence-corrected chi connectivity index (χ4v) is 2.86. The van der Waals surface area contributed by atoms with E-state index in [0.717, 1.165) is 11.1 Å². The highest BCUT2D eigenvalue weighted by atomic mass is 79.9. The summed E-state index contributed by atoms with van der Waals surface area (Å²) in [7, 11) is 0. The average Bonchev–Trinajstić information content (AvgIpc) is 2.55. The van der Waals surface area contributed by atoms with Crippen molar-refractivity contribution in [3.8, 4) is 11.5 Å². The molecule has 3 N–H and O–H groups in total. The van der Waals surface area contributed by atoms with Crippen LogP contribution in [0.2, 0.25) is 0 Å². The maximum atomic E-state index is 12.1. The van der Waals surface area contributed by atoms with E-state index in [9.17, 15) is 4.79 Å². The Kier molecular flexibility index (Phi) is 6.78. The van der Waals surface area contributed by atoms with E-state index >= 15 is 0 Å². The van der Waals surface area contributed by atoms with Gasteiger partial charge < -0.3 is 15.2 Å². The Morgan fingerprint density at radius 2 is 2.00 bits per heavy atom. The van der Waals surface area contributed by atoms with Gasteiger partial charge in [-0.3, -0.25) is 10.1 Å². The van der Waals surface area contributed by atoms with Gasteiger partial charge in [0.05, 0.1) is 11.1 Å². The quantitative estimate of drug-likeness (QED) is 0.694. The number of nitrogens with two attached hydrogens (primary N) is 1. The van der Waals surface area contributed by atoms with Gasteiger partial charge in [0.25, 0.3) is 5.91 Å². The van der Waals surface area contributed by atoms with Crippen LogP contribution in [0, 0.1) is 6.92 Å². The summed E-state index contributed by atoms with van der Waals surface area (Å²) in [5.41, 5.74) is 7.94. The third-order valence-corrected chi connectivity index (χ3v) is 4.13. The molecule has 0 bridgehead atoms. The fourth-order valence-electron chi connectivity index (χ4n) is 2.21. The van der Waals surface area contributed by atoms with Gasteiger partial charge in [-0.05, 0) is 65.3 Å². The summed E-state index contributed by atoms with van der Waals surface area (Å²) >= 11 is 8.15. The number of hydrogen-bond acceptors (Lipinski definition) is 4. The Balaban J connectivity index is 2.29. The molecule has 0 aromatic heterocycles. The second kappa shape index (κ2) is 8.82. The molecule has 2 aromatic carbocycles. The topological polar surface area (TPSA) is 73.6 Å². The molecule has 2 aromatic rings. The molecule has 0 saturated heterocycles. The lowest BCUT2D eigenvalue weighted by Crippen LogP contribution is -2.34. The molecule has 5 nitrogen and oxygen atoms in total. The number of carbonyl (C=O) groups excluding carboxylic acids is 1. The van der Waals surface area contributed by atoms with Crippen molar-refractivity contribution in [2.75, 3.05) is 6.61 Å². The molecule has 0 unspecified atom stereocenters. The SMILES string of the molecule is CCOc1cc(C(=O)NC(N)=S)cc(Br)c1OCc1ccccc1C. The molecule has 0 fully saturated rings. The number of benzene rings is 2. The molecule has 132 valence electrons. The van der Waals surface area contributed by atoms with Gasteiger partial charge in [-0.2, -0.15) is 0 Å². The van der Waals surface area contributed by atoms with E-state index in [2.05, 4.69) is 21.2 Å². The molecule has 1 amide bonds. The normalized spacial score (nSPS) is 10.2. The van der Waals surface area contributed by atoms with Crippen LogP contribution in [0.4, 0.5) is 0 Å². The first kappa shape index (κ1) is 19.2. The highest BCUT2D eigenvalue weighted by Crippen LogP contribution is 2.37. The molecule has 7 heteroatoms. The number of halogens is 1. The van der Waals surface area contributed by atoms with Crippen molar-refractivity contribution < 1.29 is 14.3 Å². The van der Waals surface area contributed by atoms with E-state index in [-0.39, 0.29) is 5.11 Å². The lowest BCUT2D eigenvalue weighted by atomic mass is 10.1. The monoisotopic (exact) mass is 422 g/mol. The van der Waals surface area contributed by atoms with Crippen LogP contribution >= 0.6 is 28.1 Å². The zero-order valence-electron chi connectivity index (χ0n) is 14.0. The number of amides is 1. The molecule has 25 heavy (non-hydrogen) atoms. The van der Waals surface area contributed by atoms with Gasteiger partial charge >= 0.3 is 0 Å². The number of carbonyl (C=O) groups is 1. The highest BCUT2D eigenvalue weighted by Gasteiger charge is 2.17. The summed E-state index contributed by atoms with van der Waals surface area (Å²) in [6.07, 6.45) is 0. The number of ether oxygens (including phenoxy) is 2. The van der Waals surface area contributed by atoms with Crippen molar-refractivity contribution in [2.24, 2.45) is 5.73 Å². The van der Waals surface area contributed by atoms with Crippen molar-refractivity contribution in [3.63, 3.8) is 0 Å². The maximum Gasteiger partial charge on any atom is 0.257 e. The van der Waals surface area contributed by atoms with Crippen LogP contribution in [0.5, 0.6) is 11.5 Å². The number of aryl methyl sites for hydroxylation is 1. The third kappa shape index (κ3) is 5.17. The van der Waals surface area contributed by atoms with Crippen LogP contribution in [-0.4, -0.2) is 17.6 Å². The van der Waals surface area contributed by atoms with Gasteiger partial charge in [-0.1, -0.05) is 24.3 Å². The van der Waals surface area contributed by atoms with E-state index < -0.39 is 5.91 Å². The molecule has 0 heterocycles. The smallest absolute Gasteiger partial charge is 0.257 e. The number of rotatable bonds is 6. The Morgan fingerprint density at radius 3 is 2.64 bits per heavy atom. The third-order valence-electron chi connectivity index (χ3n) is 3.44. The molecular weight excluding hydrogens is 404 g/mol. The summed E-state index contributed by atoms with van der Waals surface area (Å²) in [6, 6.07) is 11.2. The fraction of sp³-hybridized carbons (Fsp3) is 0.222. The van der Waals surface area contributed by atoms with Crippen molar-refractivity contribution in [1.29, 1.82) is 0 Å². The number of thiocarbonyl (C=S) groups is 1. The first-order valence-corrected chi connectivity index (χ1v) is 8.87. The van der Waals surface area contributed by atoms with Crippen molar-refractivity contribution in [1.82, 2.24) is 5.32 Å². The standard InChI is InChI=1S/C18H19BrN2O3S/c1-3-23-15-9-13(17(22)21-18(20)25)8-14(19)16(15)24-10-12-7-5-4-6-11(12)2/h4-9H,3,10H2,1-2H3,(H3,20,21,22,25). The second-order valence-electron chi connectivity index (χ2n) is 5.25. The van der Waals surface area contributed by atoms with Crippen LogP contribution in [0.25, 0.3) is 0 Å². The Hall–Kier alpha value is -2.12. The van der Waals surface area contributed by atoms with Gasteiger partial charge in [0.1, 0.15) is 6.61 Å². The molecule has 0 saturated carbocycles. The molecule has 0 aliphatic rings. The van der Waals surface area contributed by atoms with Gasteiger partial charge in [0, 0.05) is 5.56 Å². The van der Waals surface area contributed by atoms with Gasteiger partial charge in [-0.15, -0.1) is 0 Å². The Bertz CT molecular complexity index is 796. The summed E-state index contributed by atoms with van der Waals surface area (Å²) in [5, 5.41) is 2.31. The molecule has 0 radical (unpaired) electrons. The highest BCUT2D eigenvalue weighted by molar-refractivity contribution is 9.10. The largest absolute Gasteiger partial charge is 0.490 e. The summed E-state index contributed by atoms with van der Waals surface area (Å²) < 4.78 is 12.2. The molecular formula is C18H19BrN2O3S. The summed E-state index contributed by atoms with van der Waals surface area (Å²) in [6.45, 7) is 4.72.